The third kappa shape index (κ3) is 1.92. The van der Waals surface area contributed by atoms with Gasteiger partial charge in [-0.25, -0.2) is 0 Å². The van der Waals surface area contributed by atoms with Crippen LogP contribution < -0.4 is 5.11 Å². The number of halogens is 1. The van der Waals surface area contributed by atoms with Gasteiger partial charge in [0.2, 0.25) is 0 Å². The van der Waals surface area contributed by atoms with Crippen LogP contribution >= 0.6 is 11.6 Å². The summed E-state index contributed by atoms with van der Waals surface area (Å²) in [6, 6.07) is 13.8. The van der Waals surface area contributed by atoms with E-state index < -0.39 is 5.97 Å². The predicted molar refractivity (Wildman–Crippen MR) is 61.2 cm³/mol. The molecule has 0 heterocycles. The molecule has 2 aromatic carbocycles. The number of aromatic carboxylic acids is 1. The molecule has 0 saturated carbocycles. The Morgan fingerprint density at radius 2 is 1.50 bits per heavy atom. The molecule has 3 heteroatoms. The van der Waals surface area contributed by atoms with E-state index in [2.05, 4.69) is 0 Å². The lowest BCUT2D eigenvalue weighted by molar-refractivity contribution is -0.254. The summed E-state index contributed by atoms with van der Waals surface area (Å²) in [6.45, 7) is 0. The lowest BCUT2D eigenvalue weighted by atomic mass is 10.00. The van der Waals surface area contributed by atoms with E-state index in [4.69, 9.17) is 11.6 Å². The van der Waals surface area contributed by atoms with Crippen LogP contribution in [0.25, 0.3) is 11.1 Å². The second kappa shape index (κ2) is 4.37. The van der Waals surface area contributed by atoms with Crippen LogP contribution in [0.2, 0.25) is 5.02 Å². The van der Waals surface area contributed by atoms with Gasteiger partial charge in [0.1, 0.15) is 0 Å². The van der Waals surface area contributed by atoms with Crippen molar-refractivity contribution in [3.63, 3.8) is 0 Å². The summed E-state index contributed by atoms with van der Waals surface area (Å²) in [6.07, 6.45) is 0. The minimum absolute atomic E-state index is 0.149. The van der Waals surface area contributed by atoms with Gasteiger partial charge in [0, 0.05) is 16.1 Å². The molecule has 80 valence electrons. The summed E-state index contributed by atoms with van der Waals surface area (Å²) in [7, 11) is 0. The Kier molecular flexibility index (Phi) is 2.93. The standard InChI is InChI=1S/C13H9ClO2/c14-12-8-4-3-6-10(12)9-5-1-2-7-11(9)13(15)16/h1-8H,(H,15,16)/p-1. The Labute approximate surface area is 98.1 Å². The Bertz CT molecular complexity index is 535. The summed E-state index contributed by atoms with van der Waals surface area (Å²) >= 11 is 6.02. The van der Waals surface area contributed by atoms with Gasteiger partial charge < -0.3 is 9.90 Å². The molecule has 0 aliphatic carbocycles. The topological polar surface area (TPSA) is 40.1 Å². The first kappa shape index (κ1) is 10.7. The average Bonchev–Trinajstić information content (AvgIpc) is 2.29. The molecule has 0 N–H and O–H groups in total. The smallest absolute Gasteiger partial charge is 0.0721 e. The number of hydrogen-bond donors (Lipinski definition) is 0. The molecule has 0 amide bonds. The van der Waals surface area contributed by atoms with Gasteiger partial charge in [0.25, 0.3) is 0 Å². The van der Waals surface area contributed by atoms with Crippen molar-refractivity contribution in [1.29, 1.82) is 0 Å². The molecule has 0 spiro atoms. The van der Waals surface area contributed by atoms with Crippen LogP contribution in [-0.2, 0) is 0 Å². The van der Waals surface area contributed by atoms with Crippen LogP contribution in [0.4, 0.5) is 0 Å². The number of carboxylic acid groups (broad SMARTS) is 1. The zero-order valence-corrected chi connectivity index (χ0v) is 9.07. The van der Waals surface area contributed by atoms with E-state index in [9.17, 15) is 9.90 Å². The van der Waals surface area contributed by atoms with Crippen molar-refractivity contribution in [1.82, 2.24) is 0 Å². The summed E-state index contributed by atoms with van der Waals surface area (Å²) < 4.78 is 0. The molecule has 2 aromatic rings. The fourth-order valence-corrected chi connectivity index (χ4v) is 1.81. The van der Waals surface area contributed by atoms with Crippen LogP contribution in [0.3, 0.4) is 0 Å². The molecule has 0 saturated heterocycles. The molecule has 2 rings (SSSR count). The van der Waals surface area contributed by atoms with Crippen LogP contribution in [-0.4, -0.2) is 5.97 Å². The maximum atomic E-state index is 11.0. The van der Waals surface area contributed by atoms with Crippen molar-refractivity contribution >= 4 is 17.6 Å². The maximum Gasteiger partial charge on any atom is 0.0721 e. The highest BCUT2D eigenvalue weighted by molar-refractivity contribution is 6.33. The molecule has 0 aliphatic heterocycles. The lowest BCUT2D eigenvalue weighted by Crippen LogP contribution is -2.22. The molecule has 2 nitrogen and oxygen atoms in total. The van der Waals surface area contributed by atoms with E-state index in [1.807, 2.05) is 6.07 Å². The second-order valence-corrected chi connectivity index (χ2v) is 3.72. The Balaban J connectivity index is 2.65. The van der Waals surface area contributed by atoms with Gasteiger partial charge in [-0.3, -0.25) is 0 Å². The number of carbonyl (C=O) groups excluding carboxylic acids is 1. The molecule has 0 unspecified atom stereocenters. The monoisotopic (exact) mass is 231 g/mol. The van der Waals surface area contributed by atoms with E-state index >= 15 is 0 Å². The van der Waals surface area contributed by atoms with Crippen molar-refractivity contribution in [3.05, 3.63) is 59.1 Å². The fraction of sp³-hybridized carbons (Fsp3) is 0. The van der Waals surface area contributed by atoms with Gasteiger partial charge in [-0.15, -0.1) is 0 Å². The number of benzene rings is 2. The van der Waals surface area contributed by atoms with Crippen molar-refractivity contribution in [2.45, 2.75) is 0 Å². The van der Waals surface area contributed by atoms with Crippen molar-refractivity contribution in [3.8, 4) is 11.1 Å². The summed E-state index contributed by atoms with van der Waals surface area (Å²) in [4.78, 5) is 11.0. The average molecular weight is 232 g/mol. The van der Waals surface area contributed by atoms with Gasteiger partial charge in [0.05, 0.1) is 5.97 Å². The van der Waals surface area contributed by atoms with Crippen LogP contribution in [0.1, 0.15) is 10.4 Å². The third-order valence-electron chi connectivity index (χ3n) is 2.31. The molecule has 0 aromatic heterocycles. The first-order valence-electron chi connectivity index (χ1n) is 4.75. The van der Waals surface area contributed by atoms with Crippen molar-refractivity contribution < 1.29 is 9.90 Å². The quantitative estimate of drug-likeness (QED) is 0.796. The number of carbonyl (C=O) groups is 1. The van der Waals surface area contributed by atoms with E-state index in [1.54, 1.807) is 36.4 Å². The first-order valence-corrected chi connectivity index (χ1v) is 5.13. The highest BCUT2D eigenvalue weighted by atomic mass is 35.5. The van der Waals surface area contributed by atoms with Gasteiger partial charge in [0.15, 0.2) is 0 Å². The van der Waals surface area contributed by atoms with Crippen LogP contribution in [0, 0.1) is 0 Å². The van der Waals surface area contributed by atoms with Gasteiger partial charge >= 0.3 is 0 Å². The van der Waals surface area contributed by atoms with E-state index in [1.165, 1.54) is 6.07 Å². The minimum Gasteiger partial charge on any atom is -0.545 e. The van der Waals surface area contributed by atoms with Crippen molar-refractivity contribution in [2.75, 3.05) is 0 Å². The summed E-state index contributed by atoms with van der Waals surface area (Å²) in [5.74, 6) is -1.20. The highest BCUT2D eigenvalue weighted by Crippen LogP contribution is 2.29. The third-order valence-corrected chi connectivity index (χ3v) is 2.64. The number of carboxylic acids is 1. The van der Waals surface area contributed by atoms with E-state index in [-0.39, 0.29) is 5.56 Å². The molecule has 0 radical (unpaired) electrons. The molecular weight excluding hydrogens is 224 g/mol. The molecular formula is C13H8ClO2-. The largest absolute Gasteiger partial charge is 0.545 e. The molecule has 0 aliphatic rings. The Morgan fingerprint density at radius 1 is 0.938 bits per heavy atom. The first-order chi connectivity index (χ1) is 7.70. The fourth-order valence-electron chi connectivity index (χ4n) is 1.58. The molecule has 0 atom stereocenters. The number of rotatable bonds is 2. The Morgan fingerprint density at radius 3 is 2.12 bits per heavy atom. The molecule has 0 bridgehead atoms. The van der Waals surface area contributed by atoms with Crippen molar-refractivity contribution in [2.24, 2.45) is 0 Å². The zero-order chi connectivity index (χ0) is 11.5. The summed E-state index contributed by atoms with van der Waals surface area (Å²) in [5, 5.41) is 11.5. The van der Waals surface area contributed by atoms with Gasteiger partial charge in [-0.1, -0.05) is 54.1 Å². The SMILES string of the molecule is O=C([O-])c1ccccc1-c1ccccc1Cl. The minimum atomic E-state index is -1.20. The number of hydrogen-bond acceptors (Lipinski definition) is 2. The van der Waals surface area contributed by atoms with Crippen LogP contribution in [0.5, 0.6) is 0 Å². The van der Waals surface area contributed by atoms with Crippen LogP contribution in [0.15, 0.2) is 48.5 Å². The van der Waals surface area contributed by atoms with Gasteiger partial charge in [-0.05, 0) is 11.6 Å². The summed E-state index contributed by atoms with van der Waals surface area (Å²) in [5.41, 5.74) is 1.42. The maximum absolute atomic E-state index is 11.0. The predicted octanol–water partition coefficient (Wildman–Crippen LogP) is 2.37. The lowest BCUT2D eigenvalue weighted by Gasteiger charge is -2.11. The highest BCUT2D eigenvalue weighted by Gasteiger charge is 2.07. The van der Waals surface area contributed by atoms with Gasteiger partial charge in [-0.2, -0.15) is 0 Å². The normalized spacial score (nSPS) is 10.1. The zero-order valence-electron chi connectivity index (χ0n) is 8.31. The molecule has 16 heavy (non-hydrogen) atoms. The second-order valence-electron chi connectivity index (χ2n) is 3.31. The Hall–Kier alpha value is -1.80. The molecule has 0 fully saturated rings. The van der Waals surface area contributed by atoms with E-state index in [0.717, 1.165) is 0 Å². The van der Waals surface area contributed by atoms with E-state index in [0.29, 0.717) is 16.1 Å².